The van der Waals surface area contributed by atoms with Gasteiger partial charge in [-0.3, -0.25) is 4.90 Å². The fourth-order valence-electron chi connectivity index (χ4n) is 4.06. The highest BCUT2D eigenvalue weighted by Gasteiger charge is 2.38. The molecule has 2 aliphatic rings. The third-order valence-electron chi connectivity index (χ3n) is 5.57. The smallest absolute Gasteiger partial charge is 0.414 e. The Bertz CT molecular complexity index is 1020. The molecule has 9 heteroatoms. The molecule has 0 radical (unpaired) electrons. The third-order valence-corrected chi connectivity index (χ3v) is 7.53. The van der Waals surface area contributed by atoms with Crippen LogP contribution < -0.4 is 14.4 Å². The molecule has 0 atom stereocenters. The Morgan fingerprint density at radius 1 is 0.967 bits per heavy atom. The Balaban J connectivity index is 1.57. The summed E-state index contributed by atoms with van der Waals surface area (Å²) in [4.78, 5) is 14.1. The SMILES string of the molecule is COc1cccc(OC)c1S(=O)(=O)N1CCC(N2C(=O)OCc3ccccc32)CC1. The number of carbonyl (C=O) groups excluding carboxylic acids is 1. The van der Waals surface area contributed by atoms with Crippen molar-refractivity contribution in [2.24, 2.45) is 0 Å². The first-order valence-corrected chi connectivity index (χ1v) is 11.2. The molecule has 8 nitrogen and oxygen atoms in total. The standard InChI is InChI=1S/C21H24N2O6S/c1-27-18-8-5-9-19(28-2)20(18)30(25,26)22-12-10-16(11-13-22)23-17-7-4-3-6-15(17)14-29-21(23)24/h3-9,16H,10-14H2,1-2H3. The summed E-state index contributed by atoms with van der Waals surface area (Å²) in [6, 6.07) is 12.4. The van der Waals surface area contributed by atoms with Crippen molar-refractivity contribution >= 4 is 21.8 Å². The Morgan fingerprint density at radius 2 is 1.60 bits per heavy atom. The third kappa shape index (κ3) is 3.48. The molecule has 0 aromatic heterocycles. The summed E-state index contributed by atoms with van der Waals surface area (Å²) in [6.07, 6.45) is 0.613. The molecule has 1 amide bonds. The van der Waals surface area contributed by atoms with Gasteiger partial charge in [-0.05, 0) is 31.0 Å². The van der Waals surface area contributed by atoms with Gasteiger partial charge in [-0.1, -0.05) is 24.3 Å². The first-order chi connectivity index (χ1) is 14.5. The Labute approximate surface area is 176 Å². The van der Waals surface area contributed by atoms with Gasteiger partial charge in [0.15, 0.2) is 4.90 Å². The van der Waals surface area contributed by atoms with Crippen LogP contribution in [-0.2, 0) is 21.4 Å². The first-order valence-electron chi connectivity index (χ1n) is 9.72. The molecule has 160 valence electrons. The van der Waals surface area contributed by atoms with E-state index >= 15 is 0 Å². The zero-order chi connectivity index (χ0) is 21.3. The van der Waals surface area contributed by atoms with Gasteiger partial charge in [0.05, 0.1) is 19.9 Å². The Morgan fingerprint density at radius 3 is 2.23 bits per heavy atom. The Hall–Kier alpha value is -2.78. The van der Waals surface area contributed by atoms with Gasteiger partial charge in [0.25, 0.3) is 0 Å². The largest absolute Gasteiger partial charge is 0.495 e. The first kappa shape index (κ1) is 20.5. The van der Waals surface area contributed by atoms with Gasteiger partial charge >= 0.3 is 6.09 Å². The molecule has 2 aromatic carbocycles. The summed E-state index contributed by atoms with van der Waals surface area (Å²) in [5.74, 6) is 0.481. The van der Waals surface area contributed by atoms with E-state index < -0.39 is 10.0 Å². The molecule has 0 N–H and O–H groups in total. The minimum Gasteiger partial charge on any atom is -0.495 e. The van der Waals surface area contributed by atoms with Crippen LogP contribution in [0.25, 0.3) is 0 Å². The van der Waals surface area contributed by atoms with Crippen LogP contribution in [0.3, 0.4) is 0 Å². The molecular weight excluding hydrogens is 408 g/mol. The second-order valence-electron chi connectivity index (χ2n) is 7.18. The number of amides is 1. The second-order valence-corrected chi connectivity index (χ2v) is 9.05. The van der Waals surface area contributed by atoms with Gasteiger partial charge in [-0.15, -0.1) is 0 Å². The molecule has 0 spiro atoms. The number of hydrogen-bond acceptors (Lipinski definition) is 6. The van der Waals surface area contributed by atoms with Crippen molar-refractivity contribution in [3.8, 4) is 11.5 Å². The van der Waals surface area contributed by atoms with E-state index in [1.807, 2.05) is 24.3 Å². The second kappa shape index (κ2) is 8.16. The number of cyclic esters (lactones) is 1. The van der Waals surface area contributed by atoms with Crippen LogP contribution in [-0.4, -0.2) is 52.2 Å². The van der Waals surface area contributed by atoms with Crippen LogP contribution in [0.15, 0.2) is 47.4 Å². The average molecular weight is 432 g/mol. The molecule has 1 fully saturated rings. The van der Waals surface area contributed by atoms with E-state index in [0.29, 0.717) is 12.8 Å². The molecule has 0 aliphatic carbocycles. The maximum absolute atomic E-state index is 13.4. The number of piperidine rings is 1. The number of benzene rings is 2. The molecule has 2 aliphatic heterocycles. The maximum Gasteiger partial charge on any atom is 0.414 e. The van der Waals surface area contributed by atoms with E-state index in [0.717, 1.165) is 11.3 Å². The number of anilines is 1. The van der Waals surface area contributed by atoms with E-state index in [1.165, 1.54) is 18.5 Å². The molecule has 0 saturated carbocycles. The number of sulfonamides is 1. The van der Waals surface area contributed by atoms with E-state index in [2.05, 4.69) is 0 Å². The summed E-state index contributed by atoms with van der Waals surface area (Å²) in [6.45, 7) is 0.812. The van der Waals surface area contributed by atoms with Crippen LogP contribution in [0.1, 0.15) is 18.4 Å². The van der Waals surface area contributed by atoms with Gasteiger partial charge in [0.2, 0.25) is 10.0 Å². The molecule has 1 saturated heterocycles. The highest BCUT2D eigenvalue weighted by Crippen LogP contribution is 2.37. The molecule has 2 heterocycles. The summed E-state index contributed by atoms with van der Waals surface area (Å²) in [5.41, 5.74) is 1.78. The topological polar surface area (TPSA) is 85.4 Å². The van der Waals surface area contributed by atoms with Crippen LogP contribution in [0.5, 0.6) is 11.5 Å². The average Bonchev–Trinajstić information content (AvgIpc) is 2.78. The fraction of sp³-hybridized carbons (Fsp3) is 0.381. The van der Waals surface area contributed by atoms with Crippen molar-refractivity contribution < 1.29 is 27.4 Å². The van der Waals surface area contributed by atoms with Crippen molar-refractivity contribution in [1.82, 2.24) is 4.31 Å². The zero-order valence-electron chi connectivity index (χ0n) is 16.9. The maximum atomic E-state index is 13.4. The monoisotopic (exact) mass is 432 g/mol. The number of para-hydroxylation sites is 1. The number of carbonyl (C=O) groups is 1. The van der Waals surface area contributed by atoms with Gasteiger partial charge in [0.1, 0.15) is 18.1 Å². The molecule has 0 unspecified atom stereocenters. The summed E-state index contributed by atoms with van der Waals surface area (Å²) < 4.78 is 44.0. The van der Waals surface area contributed by atoms with Crippen molar-refractivity contribution in [3.05, 3.63) is 48.0 Å². The van der Waals surface area contributed by atoms with E-state index in [-0.39, 0.29) is 48.2 Å². The summed E-state index contributed by atoms with van der Waals surface area (Å²) in [7, 11) is -0.967. The molecule has 2 aromatic rings. The van der Waals surface area contributed by atoms with Crippen molar-refractivity contribution in [2.75, 3.05) is 32.2 Å². The number of fused-ring (bicyclic) bond motifs is 1. The predicted molar refractivity (Wildman–Crippen MR) is 110 cm³/mol. The van der Waals surface area contributed by atoms with Gasteiger partial charge < -0.3 is 14.2 Å². The fourth-order valence-corrected chi connectivity index (χ4v) is 5.82. The van der Waals surface area contributed by atoms with Crippen LogP contribution in [0.2, 0.25) is 0 Å². The normalized spacial score (nSPS) is 17.9. The lowest BCUT2D eigenvalue weighted by molar-refractivity contribution is 0.136. The predicted octanol–water partition coefficient (Wildman–Crippen LogP) is 3.01. The molecule has 30 heavy (non-hydrogen) atoms. The lowest BCUT2D eigenvalue weighted by Gasteiger charge is -2.39. The minimum atomic E-state index is -3.83. The highest BCUT2D eigenvalue weighted by atomic mass is 32.2. The van der Waals surface area contributed by atoms with E-state index in [4.69, 9.17) is 14.2 Å². The molecule has 4 rings (SSSR count). The number of hydrogen-bond donors (Lipinski definition) is 0. The molecular formula is C21H24N2O6S. The number of nitrogens with zero attached hydrogens (tertiary/aromatic N) is 2. The quantitative estimate of drug-likeness (QED) is 0.722. The van der Waals surface area contributed by atoms with Crippen LogP contribution >= 0.6 is 0 Å². The van der Waals surface area contributed by atoms with Gasteiger partial charge in [-0.25, -0.2) is 13.2 Å². The van der Waals surface area contributed by atoms with Gasteiger partial charge in [0, 0.05) is 24.7 Å². The minimum absolute atomic E-state index is 0.0242. The van der Waals surface area contributed by atoms with Crippen LogP contribution in [0, 0.1) is 0 Å². The van der Waals surface area contributed by atoms with Crippen molar-refractivity contribution in [2.45, 2.75) is 30.4 Å². The molecule has 0 bridgehead atoms. The van der Waals surface area contributed by atoms with Gasteiger partial charge in [-0.2, -0.15) is 4.31 Å². The van der Waals surface area contributed by atoms with Crippen LogP contribution in [0.4, 0.5) is 10.5 Å². The number of ether oxygens (including phenoxy) is 3. The Kier molecular flexibility index (Phi) is 5.57. The lowest BCUT2D eigenvalue weighted by Crippen LogP contribution is -2.50. The van der Waals surface area contributed by atoms with Crippen molar-refractivity contribution in [1.29, 1.82) is 0 Å². The number of methoxy groups -OCH3 is 2. The van der Waals surface area contributed by atoms with E-state index in [1.54, 1.807) is 23.1 Å². The highest BCUT2D eigenvalue weighted by molar-refractivity contribution is 7.89. The van der Waals surface area contributed by atoms with Crippen molar-refractivity contribution in [3.63, 3.8) is 0 Å². The number of rotatable bonds is 5. The summed E-state index contributed by atoms with van der Waals surface area (Å²) >= 11 is 0. The summed E-state index contributed by atoms with van der Waals surface area (Å²) in [5, 5.41) is 0. The zero-order valence-corrected chi connectivity index (χ0v) is 17.7. The lowest BCUT2D eigenvalue weighted by atomic mass is 10.0. The van der Waals surface area contributed by atoms with E-state index in [9.17, 15) is 13.2 Å².